The van der Waals surface area contributed by atoms with E-state index in [1.807, 2.05) is 0 Å². The molecule has 0 spiro atoms. The molecule has 0 unspecified atom stereocenters. The van der Waals surface area contributed by atoms with Gasteiger partial charge >= 0.3 is 5.97 Å². The van der Waals surface area contributed by atoms with Crippen LogP contribution in [0.1, 0.15) is 26.1 Å². The van der Waals surface area contributed by atoms with Crippen LogP contribution in [0.25, 0.3) is 0 Å². The van der Waals surface area contributed by atoms with Gasteiger partial charge in [0.2, 0.25) is 0 Å². The highest BCUT2D eigenvalue weighted by Crippen LogP contribution is 2.21. The van der Waals surface area contributed by atoms with Crippen molar-refractivity contribution in [1.29, 1.82) is 0 Å². The molecule has 8 nitrogen and oxygen atoms in total. The quantitative estimate of drug-likeness (QED) is 0.602. The zero-order valence-corrected chi connectivity index (χ0v) is 15.8. The minimum absolute atomic E-state index is 0.121. The van der Waals surface area contributed by atoms with Gasteiger partial charge < -0.3 is 19.3 Å². The van der Waals surface area contributed by atoms with Crippen LogP contribution in [0.5, 0.6) is 5.75 Å². The van der Waals surface area contributed by atoms with E-state index >= 15 is 0 Å². The van der Waals surface area contributed by atoms with Crippen LogP contribution < -0.4 is 10.1 Å². The summed E-state index contributed by atoms with van der Waals surface area (Å²) in [6.45, 7) is 3.00. The SMILES string of the molecule is Cc1cc(NC(=O)COC(=O)c2sc(COc3ccc(F)cc3)nc2C)no1. The van der Waals surface area contributed by atoms with Crippen LogP contribution in [0, 0.1) is 19.7 Å². The molecule has 0 bridgehead atoms. The number of aromatic nitrogens is 2. The van der Waals surface area contributed by atoms with Gasteiger partial charge in [-0.1, -0.05) is 5.16 Å². The maximum atomic E-state index is 12.9. The molecule has 1 amide bonds. The minimum atomic E-state index is -0.658. The third-order valence-electron chi connectivity index (χ3n) is 3.43. The number of nitrogens with zero attached hydrogens (tertiary/aromatic N) is 2. The standard InChI is InChI=1S/C18H16FN3O5S/c1-10-7-14(22-27-10)21-15(23)8-26-18(24)17-11(2)20-16(28-17)9-25-13-5-3-12(19)4-6-13/h3-7H,8-9H2,1-2H3,(H,21,22,23). The molecule has 10 heteroatoms. The van der Waals surface area contributed by atoms with Crippen LogP contribution in [0.2, 0.25) is 0 Å². The lowest BCUT2D eigenvalue weighted by Crippen LogP contribution is -2.21. The molecule has 1 aromatic carbocycles. The summed E-state index contributed by atoms with van der Waals surface area (Å²) in [4.78, 5) is 28.5. The Bertz CT molecular complexity index is 984. The molecular formula is C18H16FN3O5S. The Balaban J connectivity index is 1.52. The van der Waals surface area contributed by atoms with Gasteiger partial charge in [-0.05, 0) is 38.1 Å². The monoisotopic (exact) mass is 405 g/mol. The summed E-state index contributed by atoms with van der Waals surface area (Å²) in [5.41, 5.74) is 0.472. The molecule has 0 atom stereocenters. The van der Waals surface area contributed by atoms with Gasteiger partial charge in [-0.2, -0.15) is 0 Å². The molecule has 28 heavy (non-hydrogen) atoms. The molecule has 0 saturated carbocycles. The molecule has 0 saturated heterocycles. The summed E-state index contributed by atoms with van der Waals surface area (Å²) < 4.78 is 28.3. The molecule has 0 radical (unpaired) electrons. The molecule has 0 aliphatic heterocycles. The predicted octanol–water partition coefficient (Wildman–Crippen LogP) is 3.26. The van der Waals surface area contributed by atoms with Crippen molar-refractivity contribution in [2.24, 2.45) is 0 Å². The van der Waals surface area contributed by atoms with Crippen LogP contribution in [0.3, 0.4) is 0 Å². The van der Waals surface area contributed by atoms with Crippen LogP contribution in [-0.2, 0) is 16.1 Å². The molecule has 0 aliphatic rings. The lowest BCUT2D eigenvalue weighted by atomic mass is 10.3. The van der Waals surface area contributed by atoms with Crippen molar-refractivity contribution in [1.82, 2.24) is 10.1 Å². The van der Waals surface area contributed by atoms with Gasteiger partial charge in [0.05, 0.1) is 5.69 Å². The first-order chi connectivity index (χ1) is 13.4. The molecule has 146 valence electrons. The van der Waals surface area contributed by atoms with Crippen molar-refractivity contribution in [3.63, 3.8) is 0 Å². The van der Waals surface area contributed by atoms with Crippen molar-refractivity contribution in [2.75, 3.05) is 11.9 Å². The molecule has 0 fully saturated rings. The number of benzene rings is 1. The zero-order valence-electron chi connectivity index (χ0n) is 15.0. The highest BCUT2D eigenvalue weighted by Gasteiger charge is 2.18. The number of esters is 1. The third-order valence-corrected chi connectivity index (χ3v) is 4.54. The van der Waals surface area contributed by atoms with E-state index in [-0.39, 0.29) is 23.1 Å². The number of hydrogen-bond acceptors (Lipinski definition) is 8. The largest absolute Gasteiger partial charge is 0.486 e. The molecule has 3 rings (SSSR count). The van der Waals surface area contributed by atoms with E-state index in [2.05, 4.69) is 15.5 Å². The van der Waals surface area contributed by atoms with Gasteiger partial charge in [0.15, 0.2) is 12.4 Å². The summed E-state index contributed by atoms with van der Waals surface area (Å²) in [6.07, 6.45) is 0. The van der Waals surface area contributed by atoms with E-state index < -0.39 is 18.5 Å². The van der Waals surface area contributed by atoms with Crippen molar-refractivity contribution in [3.05, 3.63) is 57.5 Å². The van der Waals surface area contributed by atoms with E-state index in [4.69, 9.17) is 14.0 Å². The second kappa shape index (κ2) is 8.61. The summed E-state index contributed by atoms with van der Waals surface area (Å²) in [5, 5.41) is 6.62. The van der Waals surface area contributed by atoms with E-state index in [0.717, 1.165) is 11.3 Å². The van der Waals surface area contributed by atoms with Crippen LogP contribution in [0.4, 0.5) is 10.2 Å². The molecule has 1 N–H and O–H groups in total. The lowest BCUT2D eigenvalue weighted by Gasteiger charge is -2.03. The first-order valence-electron chi connectivity index (χ1n) is 8.15. The fraction of sp³-hybridized carbons (Fsp3) is 0.222. The molecule has 3 aromatic rings. The maximum Gasteiger partial charge on any atom is 0.350 e. The number of hydrogen-bond donors (Lipinski definition) is 1. The number of thiazole rings is 1. The first kappa shape index (κ1) is 19.5. The third kappa shape index (κ3) is 5.13. The Kier molecular flexibility index (Phi) is 5.99. The average Bonchev–Trinajstić information content (AvgIpc) is 3.24. The summed E-state index contributed by atoms with van der Waals surface area (Å²) >= 11 is 1.11. The molecule has 2 heterocycles. The Morgan fingerprint density at radius 3 is 2.68 bits per heavy atom. The first-order valence-corrected chi connectivity index (χ1v) is 8.97. The topological polar surface area (TPSA) is 104 Å². The van der Waals surface area contributed by atoms with Gasteiger partial charge in [0, 0.05) is 6.07 Å². The minimum Gasteiger partial charge on any atom is -0.486 e. The summed E-state index contributed by atoms with van der Waals surface area (Å²) in [5.74, 6) is -0.280. The van der Waals surface area contributed by atoms with Crippen molar-refractivity contribution >= 4 is 29.0 Å². The number of aryl methyl sites for hydroxylation is 2. The van der Waals surface area contributed by atoms with Crippen molar-refractivity contribution < 1.29 is 28.0 Å². The van der Waals surface area contributed by atoms with E-state index in [0.29, 0.717) is 22.2 Å². The Labute approximate surface area is 163 Å². The molecule has 2 aromatic heterocycles. The molecule has 0 aliphatic carbocycles. The van der Waals surface area contributed by atoms with Gasteiger partial charge in [-0.3, -0.25) is 4.79 Å². The maximum absolute atomic E-state index is 12.9. The van der Waals surface area contributed by atoms with E-state index in [1.165, 1.54) is 24.3 Å². The summed E-state index contributed by atoms with van der Waals surface area (Å²) in [6, 6.07) is 7.12. The number of carbonyl (C=O) groups is 2. The normalized spacial score (nSPS) is 10.5. The second-order valence-corrected chi connectivity index (χ2v) is 6.80. The van der Waals surface area contributed by atoms with Gasteiger partial charge in [-0.15, -0.1) is 11.3 Å². The number of amides is 1. The van der Waals surface area contributed by atoms with E-state index in [1.54, 1.807) is 19.9 Å². The number of anilines is 1. The zero-order chi connectivity index (χ0) is 20.1. The smallest absolute Gasteiger partial charge is 0.350 e. The Morgan fingerprint density at radius 2 is 2.00 bits per heavy atom. The fourth-order valence-corrected chi connectivity index (χ4v) is 3.05. The number of ether oxygens (including phenoxy) is 2. The fourth-order valence-electron chi connectivity index (χ4n) is 2.18. The summed E-state index contributed by atoms with van der Waals surface area (Å²) in [7, 11) is 0. The lowest BCUT2D eigenvalue weighted by molar-refractivity contribution is -0.119. The van der Waals surface area contributed by atoms with Crippen LogP contribution in [-0.4, -0.2) is 28.6 Å². The number of carbonyl (C=O) groups excluding carboxylic acids is 2. The Morgan fingerprint density at radius 1 is 1.25 bits per heavy atom. The number of halogens is 1. The van der Waals surface area contributed by atoms with Crippen molar-refractivity contribution in [3.8, 4) is 5.75 Å². The highest BCUT2D eigenvalue weighted by molar-refractivity contribution is 7.13. The highest BCUT2D eigenvalue weighted by atomic mass is 32.1. The van der Waals surface area contributed by atoms with Gasteiger partial charge in [0.25, 0.3) is 5.91 Å². The Hall–Kier alpha value is -3.27. The number of rotatable bonds is 7. The van der Waals surface area contributed by atoms with Gasteiger partial charge in [-0.25, -0.2) is 14.2 Å². The van der Waals surface area contributed by atoms with E-state index in [9.17, 15) is 14.0 Å². The second-order valence-electron chi connectivity index (χ2n) is 5.71. The van der Waals surface area contributed by atoms with Crippen molar-refractivity contribution in [2.45, 2.75) is 20.5 Å². The predicted molar refractivity (Wildman–Crippen MR) is 97.7 cm³/mol. The molecular weight excluding hydrogens is 389 g/mol. The van der Waals surface area contributed by atoms with Crippen LogP contribution in [0.15, 0.2) is 34.9 Å². The van der Waals surface area contributed by atoms with Crippen LogP contribution >= 0.6 is 11.3 Å². The number of nitrogens with one attached hydrogen (secondary N) is 1. The average molecular weight is 405 g/mol. The van der Waals surface area contributed by atoms with Gasteiger partial charge in [0.1, 0.15) is 33.8 Å².